The lowest BCUT2D eigenvalue weighted by Gasteiger charge is -2.32. The van der Waals surface area contributed by atoms with Gasteiger partial charge in [-0.15, -0.1) is 0 Å². The molecular formula is C24H32N6O3. The summed E-state index contributed by atoms with van der Waals surface area (Å²) in [4.78, 5) is 47.7. The Bertz CT molecular complexity index is 1010. The quantitative estimate of drug-likeness (QED) is 0.641. The molecule has 3 rings (SSSR count). The van der Waals surface area contributed by atoms with Crippen molar-refractivity contribution in [2.45, 2.75) is 53.0 Å². The number of hydrogen-bond donors (Lipinski definition) is 3. The largest absolute Gasteiger partial charge is 0.348 e. The zero-order chi connectivity index (χ0) is 24.0. The van der Waals surface area contributed by atoms with Gasteiger partial charge in [0.2, 0.25) is 5.91 Å². The van der Waals surface area contributed by atoms with Gasteiger partial charge in [0.15, 0.2) is 11.5 Å². The Kier molecular flexibility index (Phi) is 7.63. The van der Waals surface area contributed by atoms with Crippen LogP contribution < -0.4 is 16.0 Å². The number of carbonyl (C=O) groups is 3. The normalized spacial score (nSPS) is 14.5. The van der Waals surface area contributed by atoms with Gasteiger partial charge in [-0.3, -0.25) is 9.59 Å². The molecule has 0 aliphatic carbocycles. The first-order valence-electron chi connectivity index (χ1n) is 11.1. The predicted molar refractivity (Wildman–Crippen MR) is 127 cm³/mol. The molecule has 0 atom stereocenters. The summed E-state index contributed by atoms with van der Waals surface area (Å²) in [6.07, 6.45) is 4.41. The lowest BCUT2D eigenvalue weighted by Crippen LogP contribution is -2.48. The molecule has 0 spiro atoms. The molecule has 1 saturated heterocycles. The number of piperidine rings is 1. The summed E-state index contributed by atoms with van der Waals surface area (Å²) in [5, 5.41) is 8.58. The van der Waals surface area contributed by atoms with E-state index in [0.717, 1.165) is 11.3 Å². The summed E-state index contributed by atoms with van der Waals surface area (Å²) < 4.78 is 0. The number of nitrogens with zero attached hydrogens (tertiary/aromatic N) is 3. The van der Waals surface area contributed by atoms with Gasteiger partial charge in [0, 0.05) is 43.6 Å². The van der Waals surface area contributed by atoms with E-state index in [1.54, 1.807) is 4.90 Å². The average Bonchev–Trinajstić information content (AvgIpc) is 2.73. The van der Waals surface area contributed by atoms with Crippen LogP contribution in [0.4, 0.5) is 16.3 Å². The molecule has 33 heavy (non-hydrogen) atoms. The number of anilines is 2. The highest BCUT2D eigenvalue weighted by Crippen LogP contribution is 2.20. The van der Waals surface area contributed by atoms with Crippen LogP contribution in [0.5, 0.6) is 0 Å². The van der Waals surface area contributed by atoms with Crippen molar-refractivity contribution in [2.24, 2.45) is 5.41 Å². The van der Waals surface area contributed by atoms with Gasteiger partial charge in [-0.25, -0.2) is 14.8 Å². The first-order chi connectivity index (χ1) is 15.6. The molecule has 1 aliphatic rings. The maximum absolute atomic E-state index is 12.8. The third-order valence-electron chi connectivity index (χ3n) is 5.25. The van der Waals surface area contributed by atoms with E-state index in [4.69, 9.17) is 0 Å². The molecule has 1 aromatic heterocycles. The van der Waals surface area contributed by atoms with Gasteiger partial charge in [0.05, 0.1) is 0 Å². The predicted octanol–water partition coefficient (Wildman–Crippen LogP) is 3.59. The van der Waals surface area contributed by atoms with Crippen LogP contribution in [0.2, 0.25) is 0 Å². The van der Waals surface area contributed by atoms with Gasteiger partial charge < -0.3 is 20.9 Å². The number of aromatic nitrogens is 2. The lowest BCUT2D eigenvalue weighted by molar-refractivity contribution is -0.117. The van der Waals surface area contributed by atoms with Gasteiger partial charge in [-0.05, 0) is 42.9 Å². The second-order valence-electron chi connectivity index (χ2n) is 9.57. The van der Waals surface area contributed by atoms with Gasteiger partial charge >= 0.3 is 6.03 Å². The smallest absolute Gasteiger partial charge is 0.321 e. The molecule has 2 aromatic rings. The molecule has 3 N–H and O–H groups in total. The maximum atomic E-state index is 12.8. The number of rotatable bonds is 5. The minimum atomic E-state index is -0.392. The van der Waals surface area contributed by atoms with Crippen LogP contribution in [-0.4, -0.2) is 51.8 Å². The molecular weight excluding hydrogens is 420 g/mol. The SMILES string of the molecule is Cc1cccc(NC(=O)N2CCC(NC(=O)c3nccnc3NC(=O)CC(C)(C)C)CC2)c1. The number of benzene rings is 1. The summed E-state index contributed by atoms with van der Waals surface area (Å²) in [6, 6.07) is 7.41. The second-order valence-corrected chi connectivity index (χ2v) is 9.57. The minimum absolute atomic E-state index is 0.0828. The molecule has 2 heterocycles. The van der Waals surface area contributed by atoms with Crippen molar-refractivity contribution < 1.29 is 14.4 Å². The molecule has 0 radical (unpaired) electrons. The zero-order valence-electron chi connectivity index (χ0n) is 19.6. The number of urea groups is 1. The van der Waals surface area contributed by atoms with E-state index in [-0.39, 0.29) is 34.9 Å². The van der Waals surface area contributed by atoms with E-state index in [0.29, 0.717) is 32.4 Å². The Morgan fingerprint density at radius 2 is 1.76 bits per heavy atom. The topological polar surface area (TPSA) is 116 Å². The monoisotopic (exact) mass is 452 g/mol. The Morgan fingerprint density at radius 1 is 1.06 bits per heavy atom. The van der Waals surface area contributed by atoms with Gasteiger partial charge in [0.1, 0.15) is 0 Å². The third kappa shape index (κ3) is 7.27. The standard InChI is InChI=1S/C24H32N6O3/c1-16-6-5-7-18(14-16)28-23(33)30-12-8-17(9-13-30)27-22(32)20-21(26-11-10-25-20)29-19(31)15-24(2,3)4/h5-7,10-11,14,17H,8-9,12-13,15H2,1-4H3,(H,27,32)(H,28,33)(H,26,29,31). The molecule has 1 aromatic carbocycles. The summed E-state index contributed by atoms with van der Waals surface area (Å²) in [5.74, 6) is -0.457. The summed E-state index contributed by atoms with van der Waals surface area (Å²) in [5.41, 5.74) is 1.74. The molecule has 1 fully saturated rings. The van der Waals surface area contributed by atoms with Gasteiger partial charge in [-0.2, -0.15) is 0 Å². The second kappa shape index (κ2) is 10.4. The fourth-order valence-corrected chi connectivity index (χ4v) is 3.66. The van der Waals surface area contributed by atoms with Crippen molar-refractivity contribution in [3.63, 3.8) is 0 Å². The van der Waals surface area contributed by atoms with E-state index in [2.05, 4.69) is 25.9 Å². The molecule has 0 saturated carbocycles. The lowest BCUT2D eigenvalue weighted by atomic mass is 9.92. The molecule has 0 unspecified atom stereocenters. The number of hydrogen-bond acceptors (Lipinski definition) is 5. The minimum Gasteiger partial charge on any atom is -0.348 e. The fourth-order valence-electron chi connectivity index (χ4n) is 3.66. The average molecular weight is 453 g/mol. The van der Waals surface area contributed by atoms with Crippen molar-refractivity contribution in [2.75, 3.05) is 23.7 Å². The fraction of sp³-hybridized carbons (Fsp3) is 0.458. The number of nitrogens with one attached hydrogen (secondary N) is 3. The third-order valence-corrected chi connectivity index (χ3v) is 5.25. The van der Waals surface area contributed by atoms with Crippen LogP contribution in [0.1, 0.15) is 56.1 Å². The summed E-state index contributed by atoms with van der Waals surface area (Å²) >= 11 is 0. The van der Waals surface area contributed by atoms with E-state index >= 15 is 0 Å². The first kappa shape index (κ1) is 24.2. The van der Waals surface area contributed by atoms with Crippen LogP contribution in [0, 0.1) is 12.3 Å². The Morgan fingerprint density at radius 3 is 2.42 bits per heavy atom. The number of amides is 4. The highest BCUT2D eigenvalue weighted by atomic mass is 16.2. The Balaban J connectivity index is 1.53. The summed E-state index contributed by atoms with van der Waals surface area (Å²) in [7, 11) is 0. The van der Waals surface area contributed by atoms with Crippen molar-refractivity contribution in [3.05, 3.63) is 47.9 Å². The molecule has 176 valence electrons. The Hall–Kier alpha value is -3.49. The molecule has 4 amide bonds. The van der Waals surface area contributed by atoms with Crippen LogP contribution in [0.15, 0.2) is 36.7 Å². The van der Waals surface area contributed by atoms with Gasteiger partial charge in [-0.1, -0.05) is 32.9 Å². The molecule has 9 nitrogen and oxygen atoms in total. The highest BCUT2D eigenvalue weighted by Gasteiger charge is 2.26. The van der Waals surface area contributed by atoms with Crippen molar-refractivity contribution in [1.29, 1.82) is 0 Å². The molecule has 1 aliphatic heterocycles. The molecule has 0 bridgehead atoms. The number of aryl methyl sites for hydroxylation is 1. The van der Waals surface area contributed by atoms with Gasteiger partial charge in [0.25, 0.3) is 5.91 Å². The van der Waals surface area contributed by atoms with E-state index in [1.165, 1.54) is 12.4 Å². The maximum Gasteiger partial charge on any atom is 0.321 e. The van der Waals surface area contributed by atoms with E-state index in [1.807, 2.05) is 52.0 Å². The van der Waals surface area contributed by atoms with Crippen LogP contribution in [-0.2, 0) is 4.79 Å². The van der Waals surface area contributed by atoms with E-state index < -0.39 is 5.91 Å². The van der Waals surface area contributed by atoms with Crippen LogP contribution >= 0.6 is 0 Å². The Labute approximate surface area is 194 Å². The summed E-state index contributed by atoms with van der Waals surface area (Å²) in [6.45, 7) is 8.91. The van der Waals surface area contributed by atoms with Crippen LogP contribution in [0.25, 0.3) is 0 Å². The van der Waals surface area contributed by atoms with Crippen molar-refractivity contribution >= 4 is 29.4 Å². The first-order valence-corrected chi connectivity index (χ1v) is 11.1. The van der Waals surface area contributed by atoms with Crippen molar-refractivity contribution in [1.82, 2.24) is 20.2 Å². The number of likely N-dealkylation sites (tertiary alicyclic amines) is 1. The number of carbonyl (C=O) groups excluding carboxylic acids is 3. The zero-order valence-corrected chi connectivity index (χ0v) is 19.6. The molecule has 9 heteroatoms. The van der Waals surface area contributed by atoms with Crippen molar-refractivity contribution in [3.8, 4) is 0 Å². The highest BCUT2D eigenvalue weighted by molar-refractivity contribution is 6.01. The van der Waals surface area contributed by atoms with E-state index in [9.17, 15) is 14.4 Å². The van der Waals surface area contributed by atoms with Crippen LogP contribution in [0.3, 0.4) is 0 Å².